The van der Waals surface area contributed by atoms with E-state index in [0.717, 1.165) is 17.7 Å². The van der Waals surface area contributed by atoms with Crippen LogP contribution < -0.4 is 5.32 Å². The third-order valence-electron chi connectivity index (χ3n) is 3.37. The van der Waals surface area contributed by atoms with Gasteiger partial charge in [-0.1, -0.05) is 38.3 Å². The summed E-state index contributed by atoms with van der Waals surface area (Å²) in [4.78, 5) is 13.5. The minimum absolute atomic E-state index is 0.124. The summed E-state index contributed by atoms with van der Waals surface area (Å²) in [5, 5.41) is 12.4. The molecule has 0 spiro atoms. The van der Waals surface area contributed by atoms with Crippen LogP contribution in [0, 0.1) is 16.7 Å². The zero-order valence-corrected chi connectivity index (χ0v) is 13.8. The Morgan fingerprint density at radius 2 is 2.05 bits per heavy atom. The van der Waals surface area contributed by atoms with Crippen molar-refractivity contribution in [3.8, 4) is 6.07 Å². The predicted molar refractivity (Wildman–Crippen MR) is 83.7 cm³/mol. The molecule has 0 aliphatic carbocycles. The zero-order valence-electron chi connectivity index (χ0n) is 12.2. The maximum absolute atomic E-state index is 12.5. The second-order valence-corrected chi connectivity index (χ2v) is 6.78. The van der Waals surface area contributed by atoms with Crippen molar-refractivity contribution in [2.24, 2.45) is 5.41 Å². The highest BCUT2D eigenvalue weighted by Gasteiger charge is 2.37. The normalized spacial score (nSPS) is 12.8. The van der Waals surface area contributed by atoms with Crippen molar-refractivity contribution in [2.45, 2.75) is 52.5 Å². The monoisotopic (exact) mass is 312 g/mol. The second kappa shape index (κ2) is 7.66. The van der Waals surface area contributed by atoms with Crippen molar-refractivity contribution in [2.75, 3.05) is 0 Å². The molecule has 20 heavy (non-hydrogen) atoms. The minimum Gasteiger partial charge on any atom is -0.347 e. The minimum atomic E-state index is -0.904. The van der Waals surface area contributed by atoms with Crippen LogP contribution >= 0.6 is 22.9 Å². The maximum Gasteiger partial charge on any atom is 0.240 e. The first-order chi connectivity index (χ1) is 9.49. The molecule has 1 aromatic heterocycles. The van der Waals surface area contributed by atoms with E-state index in [1.54, 1.807) is 0 Å². The first kappa shape index (κ1) is 17.0. The van der Waals surface area contributed by atoms with Gasteiger partial charge in [0.2, 0.25) is 5.91 Å². The number of hydrogen-bond acceptors (Lipinski definition) is 3. The van der Waals surface area contributed by atoms with Crippen LogP contribution in [0.15, 0.2) is 12.1 Å². The van der Waals surface area contributed by atoms with Crippen LogP contribution in [0.2, 0.25) is 4.34 Å². The van der Waals surface area contributed by atoms with Gasteiger partial charge in [0.05, 0.1) is 16.4 Å². The number of nitrogens with one attached hydrogen (secondary N) is 1. The van der Waals surface area contributed by atoms with Crippen LogP contribution in [0.5, 0.6) is 0 Å². The number of amides is 1. The molecule has 1 atom stereocenters. The molecule has 0 aliphatic heterocycles. The molecule has 0 fully saturated rings. The van der Waals surface area contributed by atoms with Gasteiger partial charge < -0.3 is 5.32 Å². The fraction of sp³-hybridized carbons (Fsp3) is 0.600. The Morgan fingerprint density at radius 1 is 1.45 bits per heavy atom. The molecule has 1 N–H and O–H groups in total. The average Bonchev–Trinajstić information content (AvgIpc) is 2.85. The smallest absolute Gasteiger partial charge is 0.240 e. The molecule has 1 heterocycles. The summed E-state index contributed by atoms with van der Waals surface area (Å²) in [6, 6.07) is 5.85. The Labute approximate surface area is 129 Å². The van der Waals surface area contributed by atoms with Gasteiger partial charge in [0.1, 0.15) is 5.41 Å². The quantitative estimate of drug-likeness (QED) is 0.794. The Hall–Kier alpha value is -1.05. The predicted octanol–water partition coefficient (Wildman–Crippen LogP) is 4.69. The lowest BCUT2D eigenvalue weighted by atomic mass is 9.79. The van der Waals surface area contributed by atoms with Crippen LogP contribution in [0.25, 0.3) is 0 Å². The van der Waals surface area contributed by atoms with Gasteiger partial charge in [-0.15, -0.1) is 11.3 Å². The van der Waals surface area contributed by atoms with E-state index in [1.165, 1.54) is 11.3 Å². The highest BCUT2D eigenvalue weighted by molar-refractivity contribution is 7.16. The summed E-state index contributed by atoms with van der Waals surface area (Å²) < 4.78 is 0.703. The molecule has 1 rings (SSSR count). The summed E-state index contributed by atoms with van der Waals surface area (Å²) in [7, 11) is 0. The van der Waals surface area contributed by atoms with Crippen molar-refractivity contribution in [3.05, 3.63) is 21.3 Å². The topological polar surface area (TPSA) is 52.9 Å². The van der Waals surface area contributed by atoms with Crippen LogP contribution in [0.3, 0.4) is 0 Å². The lowest BCUT2D eigenvalue weighted by Crippen LogP contribution is -2.41. The van der Waals surface area contributed by atoms with E-state index in [9.17, 15) is 10.1 Å². The molecule has 0 saturated carbocycles. The van der Waals surface area contributed by atoms with E-state index in [4.69, 9.17) is 11.6 Å². The van der Waals surface area contributed by atoms with Gasteiger partial charge in [-0.25, -0.2) is 0 Å². The maximum atomic E-state index is 12.5. The van der Waals surface area contributed by atoms with E-state index < -0.39 is 5.41 Å². The van der Waals surface area contributed by atoms with Gasteiger partial charge in [0, 0.05) is 4.88 Å². The van der Waals surface area contributed by atoms with Crippen LogP contribution in [0.4, 0.5) is 0 Å². The second-order valence-electron chi connectivity index (χ2n) is 5.03. The van der Waals surface area contributed by atoms with Crippen LogP contribution in [-0.2, 0) is 4.79 Å². The van der Waals surface area contributed by atoms with Gasteiger partial charge in [-0.05, 0) is 31.9 Å². The highest BCUT2D eigenvalue weighted by atomic mass is 35.5. The number of nitrogens with zero attached hydrogens (tertiary/aromatic N) is 1. The summed E-state index contributed by atoms with van der Waals surface area (Å²) in [5.41, 5.74) is -0.904. The Kier molecular flexibility index (Phi) is 6.51. The van der Waals surface area contributed by atoms with Crippen molar-refractivity contribution >= 4 is 28.8 Å². The van der Waals surface area contributed by atoms with E-state index in [1.807, 2.05) is 32.9 Å². The number of hydrogen-bond donors (Lipinski definition) is 1. The van der Waals surface area contributed by atoms with Gasteiger partial charge >= 0.3 is 0 Å². The highest BCUT2D eigenvalue weighted by Crippen LogP contribution is 2.32. The standard InChI is InChI=1S/C15H21ClN2OS/c1-4-8-15(10-17,9-5-2)14(19)18-11(3)12-6-7-13(16)20-12/h6-7,11H,4-5,8-9H2,1-3H3,(H,18,19). The molecule has 0 radical (unpaired) electrons. The number of halogens is 1. The molecular formula is C15H21ClN2OS. The van der Waals surface area contributed by atoms with Crippen molar-refractivity contribution < 1.29 is 4.79 Å². The number of carbonyl (C=O) groups is 1. The number of rotatable bonds is 7. The average molecular weight is 313 g/mol. The van der Waals surface area contributed by atoms with E-state index in [2.05, 4.69) is 11.4 Å². The molecule has 0 bridgehead atoms. The molecule has 0 saturated heterocycles. The first-order valence-electron chi connectivity index (χ1n) is 6.96. The molecule has 1 amide bonds. The Balaban J connectivity index is 2.83. The van der Waals surface area contributed by atoms with Gasteiger partial charge in [-0.3, -0.25) is 4.79 Å². The molecule has 3 nitrogen and oxygen atoms in total. The third-order valence-corrected chi connectivity index (χ3v) is 4.78. The lowest BCUT2D eigenvalue weighted by molar-refractivity contribution is -0.129. The van der Waals surface area contributed by atoms with Crippen molar-refractivity contribution in [1.29, 1.82) is 5.26 Å². The van der Waals surface area contributed by atoms with Crippen LogP contribution in [0.1, 0.15) is 57.4 Å². The molecule has 110 valence electrons. The number of carbonyl (C=O) groups excluding carboxylic acids is 1. The largest absolute Gasteiger partial charge is 0.347 e. The molecule has 5 heteroatoms. The Bertz CT molecular complexity index is 486. The first-order valence-corrected chi connectivity index (χ1v) is 8.16. The number of thiophene rings is 1. The molecule has 0 aliphatic rings. The summed E-state index contributed by atoms with van der Waals surface area (Å²) in [6.07, 6.45) is 2.84. The third kappa shape index (κ3) is 3.97. The molecule has 0 aromatic carbocycles. The van der Waals surface area contributed by atoms with E-state index in [0.29, 0.717) is 17.2 Å². The summed E-state index contributed by atoms with van der Waals surface area (Å²) in [6.45, 7) is 5.91. The van der Waals surface area contributed by atoms with Gasteiger partial charge in [0.15, 0.2) is 0 Å². The van der Waals surface area contributed by atoms with E-state index in [-0.39, 0.29) is 11.9 Å². The zero-order chi connectivity index (χ0) is 15.2. The molecule has 1 unspecified atom stereocenters. The summed E-state index contributed by atoms with van der Waals surface area (Å²) in [5.74, 6) is -0.166. The van der Waals surface area contributed by atoms with Gasteiger partial charge in [0.25, 0.3) is 0 Å². The van der Waals surface area contributed by atoms with E-state index >= 15 is 0 Å². The molecular weight excluding hydrogens is 292 g/mol. The molecule has 1 aromatic rings. The Morgan fingerprint density at radius 3 is 2.45 bits per heavy atom. The van der Waals surface area contributed by atoms with Crippen LogP contribution in [-0.4, -0.2) is 5.91 Å². The van der Waals surface area contributed by atoms with Gasteiger partial charge in [-0.2, -0.15) is 5.26 Å². The summed E-state index contributed by atoms with van der Waals surface area (Å²) >= 11 is 7.36. The SMILES string of the molecule is CCCC(C#N)(CCC)C(=O)NC(C)c1ccc(Cl)s1. The van der Waals surface area contributed by atoms with Crippen molar-refractivity contribution in [3.63, 3.8) is 0 Å². The number of nitriles is 1. The fourth-order valence-electron chi connectivity index (χ4n) is 2.34. The fourth-order valence-corrected chi connectivity index (χ4v) is 3.40. The van der Waals surface area contributed by atoms with Crippen molar-refractivity contribution in [1.82, 2.24) is 5.32 Å². The lowest BCUT2D eigenvalue weighted by Gasteiger charge is -2.26.